The van der Waals surface area contributed by atoms with Crippen molar-refractivity contribution in [2.45, 2.75) is 0 Å². The van der Waals surface area contributed by atoms with Gasteiger partial charge in [0.15, 0.2) is 0 Å². The fourth-order valence-corrected chi connectivity index (χ4v) is 1.24. The second-order valence-corrected chi connectivity index (χ2v) is 2.65. The maximum atomic E-state index is 12.7. The van der Waals surface area contributed by atoms with Crippen LogP contribution in [0.4, 0.5) is 4.39 Å². The highest BCUT2D eigenvalue weighted by Gasteiger charge is 2.23. The molecule has 3 heteroatoms. The number of allylic oxidation sites excluding steroid dienone is 4. The highest BCUT2D eigenvalue weighted by Crippen LogP contribution is 2.25. The molecular formula is C9H6FNO. The summed E-state index contributed by atoms with van der Waals surface area (Å²) in [6.07, 6.45) is 7.38. The van der Waals surface area contributed by atoms with Crippen LogP contribution in [-0.4, -0.2) is 12.1 Å². The highest BCUT2D eigenvalue weighted by atomic mass is 19.1. The van der Waals surface area contributed by atoms with Gasteiger partial charge >= 0.3 is 0 Å². The third-order valence-corrected chi connectivity index (χ3v) is 1.85. The van der Waals surface area contributed by atoms with E-state index in [9.17, 15) is 9.18 Å². The van der Waals surface area contributed by atoms with Gasteiger partial charge in [-0.2, -0.15) is 0 Å². The van der Waals surface area contributed by atoms with E-state index in [1.165, 1.54) is 18.4 Å². The summed E-state index contributed by atoms with van der Waals surface area (Å²) in [4.78, 5) is 14.7. The average Bonchev–Trinajstić information content (AvgIpc) is 2.07. The van der Waals surface area contributed by atoms with Crippen molar-refractivity contribution in [1.29, 1.82) is 0 Å². The molecule has 0 saturated carbocycles. The van der Waals surface area contributed by atoms with Crippen LogP contribution in [0.5, 0.6) is 0 Å². The van der Waals surface area contributed by atoms with E-state index in [1.54, 1.807) is 12.2 Å². The van der Waals surface area contributed by atoms with Gasteiger partial charge in [-0.15, -0.1) is 0 Å². The maximum absolute atomic E-state index is 12.7. The van der Waals surface area contributed by atoms with Gasteiger partial charge in [-0.05, 0) is 23.8 Å². The summed E-state index contributed by atoms with van der Waals surface area (Å²) in [7, 11) is 0. The molecule has 1 aliphatic carbocycles. The molecule has 0 fully saturated rings. The van der Waals surface area contributed by atoms with Crippen LogP contribution in [0.25, 0.3) is 0 Å². The van der Waals surface area contributed by atoms with Crippen molar-refractivity contribution >= 4 is 12.1 Å². The minimum absolute atomic E-state index is 0.299. The van der Waals surface area contributed by atoms with Crippen molar-refractivity contribution in [2.75, 3.05) is 0 Å². The Bertz CT molecular complexity index is 350. The summed E-state index contributed by atoms with van der Waals surface area (Å²) in [5.74, 6) is -1.17. The van der Waals surface area contributed by atoms with Crippen LogP contribution in [-0.2, 0) is 4.79 Å². The van der Waals surface area contributed by atoms with Crippen molar-refractivity contribution in [1.82, 2.24) is 0 Å². The Labute approximate surface area is 68.8 Å². The molecule has 1 heterocycles. The first-order chi connectivity index (χ1) is 5.77. The zero-order chi connectivity index (χ0) is 8.55. The number of amides is 1. The van der Waals surface area contributed by atoms with Gasteiger partial charge < -0.3 is 0 Å². The summed E-state index contributed by atoms with van der Waals surface area (Å²) in [5, 5.41) is 0. The van der Waals surface area contributed by atoms with E-state index in [4.69, 9.17) is 0 Å². The smallest absolute Gasteiger partial charge is 0.257 e. The van der Waals surface area contributed by atoms with E-state index in [0.29, 0.717) is 0 Å². The van der Waals surface area contributed by atoms with E-state index < -0.39 is 5.92 Å². The molecule has 0 bridgehead atoms. The van der Waals surface area contributed by atoms with E-state index in [2.05, 4.69) is 4.99 Å². The molecule has 60 valence electrons. The molecule has 1 amide bonds. The fourth-order valence-electron chi connectivity index (χ4n) is 1.24. The third kappa shape index (κ3) is 1.03. The lowest BCUT2D eigenvalue weighted by molar-refractivity contribution is -0.119. The van der Waals surface area contributed by atoms with Crippen molar-refractivity contribution in [3.63, 3.8) is 0 Å². The molecule has 1 aliphatic heterocycles. The lowest BCUT2D eigenvalue weighted by Crippen LogP contribution is -2.17. The zero-order valence-corrected chi connectivity index (χ0v) is 6.20. The Balaban J connectivity index is 2.43. The summed E-state index contributed by atoms with van der Waals surface area (Å²) in [5.41, 5.74) is 0.802. The number of hydrogen-bond acceptors (Lipinski definition) is 1. The van der Waals surface area contributed by atoms with Crippen molar-refractivity contribution in [3.8, 4) is 0 Å². The second-order valence-electron chi connectivity index (χ2n) is 2.65. The van der Waals surface area contributed by atoms with Gasteiger partial charge in [0.1, 0.15) is 5.83 Å². The molecule has 1 unspecified atom stereocenters. The van der Waals surface area contributed by atoms with Crippen LogP contribution < -0.4 is 0 Å². The largest absolute Gasteiger partial charge is 0.272 e. The molecule has 2 rings (SSSR count). The Morgan fingerprint density at radius 1 is 1.42 bits per heavy atom. The number of aliphatic imine (C=N–C) groups is 1. The summed E-state index contributed by atoms with van der Waals surface area (Å²) in [6, 6.07) is 0. The number of halogens is 1. The molecule has 0 spiro atoms. The van der Waals surface area contributed by atoms with Crippen molar-refractivity contribution in [2.24, 2.45) is 10.9 Å². The highest BCUT2D eigenvalue weighted by molar-refractivity contribution is 5.97. The Hall–Kier alpha value is -1.51. The van der Waals surface area contributed by atoms with Gasteiger partial charge in [0, 0.05) is 6.21 Å². The van der Waals surface area contributed by atoms with Crippen LogP contribution in [0, 0.1) is 5.92 Å². The van der Waals surface area contributed by atoms with Crippen LogP contribution in [0.3, 0.4) is 0 Å². The molecule has 0 aromatic rings. The molecule has 0 aromatic carbocycles. The van der Waals surface area contributed by atoms with Gasteiger partial charge in [-0.1, -0.05) is 6.08 Å². The van der Waals surface area contributed by atoms with E-state index in [-0.39, 0.29) is 11.7 Å². The topological polar surface area (TPSA) is 29.4 Å². The van der Waals surface area contributed by atoms with Gasteiger partial charge in [0.2, 0.25) is 0 Å². The quantitative estimate of drug-likeness (QED) is 0.532. The van der Waals surface area contributed by atoms with Crippen LogP contribution >= 0.6 is 0 Å². The molecular weight excluding hydrogens is 157 g/mol. The number of hydrogen-bond donors (Lipinski definition) is 0. The number of carbonyl (C=O) groups is 1. The number of carbonyl (C=O) groups excluding carboxylic acids is 1. The van der Waals surface area contributed by atoms with Crippen molar-refractivity contribution < 1.29 is 9.18 Å². The van der Waals surface area contributed by atoms with Crippen LogP contribution in [0.2, 0.25) is 0 Å². The Morgan fingerprint density at radius 2 is 2.25 bits per heavy atom. The van der Waals surface area contributed by atoms with Gasteiger partial charge in [0.05, 0.1) is 5.92 Å². The van der Waals surface area contributed by atoms with E-state index >= 15 is 0 Å². The molecule has 12 heavy (non-hydrogen) atoms. The number of nitrogens with zero attached hydrogens (tertiary/aromatic N) is 1. The van der Waals surface area contributed by atoms with Gasteiger partial charge in [0.25, 0.3) is 5.91 Å². The first-order valence-electron chi connectivity index (χ1n) is 3.61. The predicted octanol–water partition coefficient (Wildman–Crippen LogP) is 1.56. The normalized spacial score (nSPS) is 26.4. The summed E-state index contributed by atoms with van der Waals surface area (Å²) in [6.45, 7) is 0. The number of rotatable bonds is 0. The molecule has 0 N–H and O–H groups in total. The predicted molar refractivity (Wildman–Crippen MR) is 43.4 cm³/mol. The first-order valence-corrected chi connectivity index (χ1v) is 3.61. The monoisotopic (exact) mass is 163 g/mol. The lowest BCUT2D eigenvalue weighted by Gasteiger charge is -2.15. The number of fused-ring (bicyclic) bond motifs is 1. The summed E-state index contributed by atoms with van der Waals surface area (Å²) < 4.78 is 12.7. The average molecular weight is 163 g/mol. The summed E-state index contributed by atoms with van der Waals surface area (Å²) >= 11 is 0. The standard InChI is InChI=1S/C9H6FNO/c10-7-2-1-6-3-4-11-9(12)8(6)5-7/h1-5,8H. The molecule has 2 nitrogen and oxygen atoms in total. The molecule has 0 radical (unpaired) electrons. The Morgan fingerprint density at radius 3 is 3.08 bits per heavy atom. The second kappa shape index (κ2) is 2.52. The molecule has 2 aliphatic rings. The maximum Gasteiger partial charge on any atom is 0.257 e. The zero-order valence-electron chi connectivity index (χ0n) is 6.20. The van der Waals surface area contributed by atoms with Gasteiger partial charge in [-0.3, -0.25) is 4.79 Å². The van der Waals surface area contributed by atoms with E-state index in [0.717, 1.165) is 5.57 Å². The lowest BCUT2D eigenvalue weighted by atomic mass is 9.92. The third-order valence-electron chi connectivity index (χ3n) is 1.85. The van der Waals surface area contributed by atoms with Crippen LogP contribution in [0.1, 0.15) is 0 Å². The Kier molecular flexibility index (Phi) is 1.50. The molecule has 0 aromatic heterocycles. The van der Waals surface area contributed by atoms with Gasteiger partial charge in [-0.25, -0.2) is 9.38 Å². The number of dihydropyridines is 1. The fraction of sp³-hybridized carbons (Fsp3) is 0.111. The first kappa shape index (κ1) is 7.16. The van der Waals surface area contributed by atoms with E-state index in [1.807, 2.05) is 0 Å². The van der Waals surface area contributed by atoms with Crippen LogP contribution in [0.15, 0.2) is 40.7 Å². The molecule has 0 saturated heterocycles. The molecule has 1 atom stereocenters. The SMILES string of the molecule is O=C1N=CC=C2C=CC(F)=CC12. The minimum atomic E-state index is -0.500. The minimum Gasteiger partial charge on any atom is -0.272 e. The van der Waals surface area contributed by atoms with Crippen molar-refractivity contribution in [3.05, 3.63) is 35.7 Å².